The third kappa shape index (κ3) is 3.71. The maximum Gasteiger partial charge on any atom is 0.138 e. The summed E-state index contributed by atoms with van der Waals surface area (Å²) in [6.45, 7) is 0.391. The molecule has 0 atom stereocenters. The van der Waals surface area contributed by atoms with E-state index in [2.05, 4.69) is 6.07 Å². The number of benzene rings is 3. The third-order valence-corrected chi connectivity index (χ3v) is 4.14. The molecule has 0 N–H and O–H groups in total. The molecule has 0 aliphatic rings. The molecule has 0 saturated carbocycles. The second-order valence-corrected chi connectivity index (χ2v) is 6.06. The summed E-state index contributed by atoms with van der Waals surface area (Å²) in [7, 11) is 0. The molecule has 0 amide bonds. The highest BCUT2D eigenvalue weighted by Crippen LogP contribution is 2.34. The first-order valence-electron chi connectivity index (χ1n) is 7.33. The number of nitriles is 1. The van der Waals surface area contributed by atoms with Crippen LogP contribution in [0.15, 0.2) is 66.7 Å². The first kappa shape index (κ1) is 16.4. The maximum absolute atomic E-state index is 9.30. The summed E-state index contributed by atoms with van der Waals surface area (Å²) in [4.78, 5) is 0. The fourth-order valence-electron chi connectivity index (χ4n) is 2.36. The van der Waals surface area contributed by atoms with Gasteiger partial charge in [-0.05, 0) is 41.5 Å². The Labute approximate surface area is 150 Å². The van der Waals surface area contributed by atoms with Gasteiger partial charge in [-0.2, -0.15) is 5.26 Å². The highest BCUT2D eigenvalue weighted by atomic mass is 35.5. The Hall–Kier alpha value is -2.47. The normalized spacial score (nSPS) is 10.2. The minimum absolute atomic E-state index is 0.391. The van der Waals surface area contributed by atoms with Crippen LogP contribution in [0, 0.1) is 11.3 Å². The van der Waals surface area contributed by atoms with E-state index >= 15 is 0 Å². The van der Waals surface area contributed by atoms with E-state index in [0.29, 0.717) is 28.0 Å². The number of ether oxygens (including phenoxy) is 1. The number of hydrogen-bond acceptors (Lipinski definition) is 2. The Balaban J connectivity index is 1.94. The van der Waals surface area contributed by atoms with Crippen LogP contribution in [0.4, 0.5) is 0 Å². The summed E-state index contributed by atoms with van der Waals surface area (Å²) in [5, 5.41) is 10.5. The van der Waals surface area contributed by atoms with Crippen molar-refractivity contribution in [3.8, 4) is 22.9 Å². The van der Waals surface area contributed by atoms with Gasteiger partial charge in [-0.15, -0.1) is 0 Å². The van der Waals surface area contributed by atoms with Crippen LogP contribution in [0.25, 0.3) is 11.1 Å². The van der Waals surface area contributed by atoms with Gasteiger partial charge in [0.1, 0.15) is 18.4 Å². The summed E-state index contributed by atoms with van der Waals surface area (Å²) in [6, 6.07) is 22.6. The predicted molar refractivity (Wildman–Crippen MR) is 97.4 cm³/mol. The molecule has 118 valence electrons. The SMILES string of the molecule is N#Cc1ccc(-c2cc(Cl)ccc2Cl)cc1OCc1ccccc1. The lowest BCUT2D eigenvalue weighted by atomic mass is 10.0. The molecule has 0 bridgehead atoms. The highest BCUT2D eigenvalue weighted by Gasteiger charge is 2.10. The summed E-state index contributed by atoms with van der Waals surface area (Å²) in [5.41, 5.74) is 3.17. The van der Waals surface area contributed by atoms with E-state index in [1.807, 2.05) is 42.5 Å². The first-order valence-corrected chi connectivity index (χ1v) is 8.09. The molecule has 0 saturated heterocycles. The molecule has 0 spiro atoms. The lowest BCUT2D eigenvalue weighted by molar-refractivity contribution is 0.305. The van der Waals surface area contributed by atoms with Gasteiger partial charge in [0.05, 0.1) is 5.56 Å². The molecule has 0 radical (unpaired) electrons. The number of rotatable bonds is 4. The lowest BCUT2D eigenvalue weighted by Crippen LogP contribution is -1.97. The zero-order valence-corrected chi connectivity index (χ0v) is 14.2. The van der Waals surface area contributed by atoms with E-state index in [0.717, 1.165) is 16.7 Å². The van der Waals surface area contributed by atoms with Crippen molar-refractivity contribution in [3.05, 3.63) is 87.9 Å². The molecule has 2 nitrogen and oxygen atoms in total. The number of halogens is 2. The minimum atomic E-state index is 0.391. The van der Waals surface area contributed by atoms with Crippen LogP contribution < -0.4 is 4.74 Å². The van der Waals surface area contributed by atoms with Crippen LogP contribution in [-0.4, -0.2) is 0 Å². The largest absolute Gasteiger partial charge is 0.488 e. The fourth-order valence-corrected chi connectivity index (χ4v) is 2.75. The topological polar surface area (TPSA) is 33.0 Å². The van der Waals surface area contributed by atoms with Crippen molar-refractivity contribution in [1.29, 1.82) is 5.26 Å². The summed E-state index contributed by atoms with van der Waals surface area (Å²) in [6.07, 6.45) is 0. The summed E-state index contributed by atoms with van der Waals surface area (Å²) in [5.74, 6) is 0.523. The zero-order chi connectivity index (χ0) is 16.9. The lowest BCUT2D eigenvalue weighted by Gasteiger charge is -2.11. The van der Waals surface area contributed by atoms with Gasteiger partial charge in [0.15, 0.2) is 0 Å². The number of nitrogens with zero attached hydrogens (tertiary/aromatic N) is 1. The molecule has 3 aromatic carbocycles. The molecule has 0 aromatic heterocycles. The van der Waals surface area contributed by atoms with Crippen molar-refractivity contribution in [1.82, 2.24) is 0 Å². The molecule has 0 aliphatic carbocycles. The summed E-state index contributed by atoms with van der Waals surface area (Å²) < 4.78 is 5.85. The monoisotopic (exact) mass is 353 g/mol. The quantitative estimate of drug-likeness (QED) is 0.566. The minimum Gasteiger partial charge on any atom is -0.488 e. The van der Waals surface area contributed by atoms with Gasteiger partial charge in [-0.25, -0.2) is 0 Å². The molecule has 3 rings (SSSR count). The van der Waals surface area contributed by atoms with Crippen molar-refractivity contribution in [2.45, 2.75) is 6.61 Å². The Morgan fingerprint density at radius 1 is 0.917 bits per heavy atom. The first-order chi connectivity index (χ1) is 11.7. The fraction of sp³-hybridized carbons (Fsp3) is 0.0500. The molecule has 4 heteroatoms. The molecule has 0 fully saturated rings. The van der Waals surface area contributed by atoms with Crippen LogP contribution in [0.2, 0.25) is 10.0 Å². The van der Waals surface area contributed by atoms with Gasteiger partial charge in [0, 0.05) is 15.6 Å². The van der Waals surface area contributed by atoms with Crippen molar-refractivity contribution in [3.63, 3.8) is 0 Å². The third-order valence-electron chi connectivity index (χ3n) is 3.58. The summed E-state index contributed by atoms with van der Waals surface area (Å²) >= 11 is 12.3. The Bertz CT molecular complexity index is 901. The van der Waals surface area contributed by atoms with E-state index in [-0.39, 0.29) is 0 Å². The molecular formula is C20H13Cl2NO. The van der Waals surface area contributed by atoms with Crippen molar-refractivity contribution in [2.24, 2.45) is 0 Å². The van der Waals surface area contributed by atoms with E-state index < -0.39 is 0 Å². The Morgan fingerprint density at radius 3 is 2.46 bits per heavy atom. The molecule has 24 heavy (non-hydrogen) atoms. The van der Waals surface area contributed by atoms with E-state index in [4.69, 9.17) is 27.9 Å². The van der Waals surface area contributed by atoms with Crippen LogP contribution in [-0.2, 0) is 6.61 Å². The smallest absolute Gasteiger partial charge is 0.138 e. The average Bonchev–Trinajstić information content (AvgIpc) is 2.62. The van der Waals surface area contributed by atoms with Crippen molar-refractivity contribution in [2.75, 3.05) is 0 Å². The van der Waals surface area contributed by atoms with Crippen LogP contribution in [0.3, 0.4) is 0 Å². The second-order valence-electron chi connectivity index (χ2n) is 5.22. The van der Waals surface area contributed by atoms with E-state index in [1.165, 1.54) is 0 Å². The van der Waals surface area contributed by atoms with Crippen LogP contribution >= 0.6 is 23.2 Å². The van der Waals surface area contributed by atoms with Gasteiger partial charge in [-0.1, -0.05) is 59.6 Å². The van der Waals surface area contributed by atoms with E-state index in [1.54, 1.807) is 24.3 Å². The molecule has 3 aromatic rings. The zero-order valence-electron chi connectivity index (χ0n) is 12.7. The highest BCUT2D eigenvalue weighted by molar-refractivity contribution is 6.35. The standard InChI is InChI=1S/C20H13Cl2NO/c21-17-8-9-19(22)18(11-17)15-6-7-16(12-23)20(10-15)24-13-14-4-2-1-3-5-14/h1-11H,13H2. The van der Waals surface area contributed by atoms with Gasteiger partial charge < -0.3 is 4.74 Å². The average molecular weight is 354 g/mol. The Kier molecular flexibility index (Phi) is 5.05. The molecule has 0 aliphatic heterocycles. The maximum atomic E-state index is 9.30. The van der Waals surface area contributed by atoms with Crippen molar-refractivity contribution < 1.29 is 4.74 Å². The predicted octanol–water partition coefficient (Wildman–Crippen LogP) is 6.11. The van der Waals surface area contributed by atoms with Gasteiger partial charge in [0.25, 0.3) is 0 Å². The Morgan fingerprint density at radius 2 is 1.71 bits per heavy atom. The van der Waals surface area contributed by atoms with Crippen LogP contribution in [0.5, 0.6) is 5.75 Å². The van der Waals surface area contributed by atoms with Gasteiger partial charge in [-0.3, -0.25) is 0 Å². The second kappa shape index (κ2) is 7.40. The van der Waals surface area contributed by atoms with Gasteiger partial charge >= 0.3 is 0 Å². The molecule has 0 heterocycles. The van der Waals surface area contributed by atoms with E-state index in [9.17, 15) is 5.26 Å². The van der Waals surface area contributed by atoms with Crippen LogP contribution in [0.1, 0.15) is 11.1 Å². The molecule has 0 unspecified atom stereocenters. The molecular weight excluding hydrogens is 341 g/mol. The number of hydrogen-bond donors (Lipinski definition) is 0. The van der Waals surface area contributed by atoms with Crippen molar-refractivity contribution >= 4 is 23.2 Å². The van der Waals surface area contributed by atoms with Gasteiger partial charge in [0.2, 0.25) is 0 Å².